The highest BCUT2D eigenvalue weighted by atomic mass is 32.1. The van der Waals surface area contributed by atoms with Crippen molar-refractivity contribution in [1.82, 2.24) is 4.98 Å². The highest BCUT2D eigenvalue weighted by molar-refractivity contribution is 7.30. The Balaban J connectivity index is 1.42. The van der Waals surface area contributed by atoms with Crippen LogP contribution in [0.15, 0.2) is 75.1 Å². The SMILES string of the molecule is CCN(CC)c1nc2sc(N=Nc3ccc(N=Nc4ccc(C)cc4)cc3)cc2s1. The third kappa shape index (κ3) is 4.77. The van der Waals surface area contributed by atoms with Crippen LogP contribution in [0.4, 0.5) is 27.2 Å². The Bertz CT molecular complexity index is 1140. The zero-order chi connectivity index (χ0) is 20.9. The minimum Gasteiger partial charge on any atom is -0.349 e. The molecule has 0 radical (unpaired) electrons. The van der Waals surface area contributed by atoms with E-state index in [4.69, 9.17) is 4.98 Å². The lowest BCUT2D eigenvalue weighted by atomic mass is 10.2. The molecule has 0 unspecified atom stereocenters. The second-order valence-corrected chi connectivity index (χ2v) is 8.69. The maximum Gasteiger partial charge on any atom is 0.187 e. The van der Waals surface area contributed by atoms with Crippen molar-refractivity contribution in [3.05, 3.63) is 60.2 Å². The molecule has 0 amide bonds. The first-order chi connectivity index (χ1) is 14.6. The van der Waals surface area contributed by atoms with Gasteiger partial charge < -0.3 is 4.90 Å². The quantitative estimate of drug-likeness (QED) is 0.274. The van der Waals surface area contributed by atoms with Crippen LogP contribution in [0.5, 0.6) is 0 Å². The Kier molecular flexibility index (Phi) is 6.25. The Morgan fingerprint density at radius 2 is 1.30 bits per heavy atom. The van der Waals surface area contributed by atoms with E-state index in [1.165, 1.54) is 5.56 Å². The van der Waals surface area contributed by atoms with E-state index in [-0.39, 0.29) is 0 Å². The van der Waals surface area contributed by atoms with Crippen LogP contribution in [0.3, 0.4) is 0 Å². The summed E-state index contributed by atoms with van der Waals surface area (Å²) in [6.45, 7) is 8.27. The van der Waals surface area contributed by atoms with Crippen molar-refractivity contribution in [3.63, 3.8) is 0 Å². The van der Waals surface area contributed by atoms with Crippen LogP contribution < -0.4 is 4.90 Å². The maximum atomic E-state index is 4.73. The van der Waals surface area contributed by atoms with E-state index in [9.17, 15) is 0 Å². The van der Waals surface area contributed by atoms with Gasteiger partial charge in [-0.2, -0.15) is 10.2 Å². The highest BCUT2D eigenvalue weighted by Crippen LogP contribution is 2.39. The fraction of sp³-hybridized carbons (Fsp3) is 0.227. The van der Waals surface area contributed by atoms with Crippen LogP contribution in [0.1, 0.15) is 19.4 Å². The number of aryl methyl sites for hydroxylation is 1. The molecule has 4 aromatic rings. The molecule has 2 aromatic heterocycles. The van der Waals surface area contributed by atoms with Crippen molar-refractivity contribution < 1.29 is 0 Å². The number of anilines is 1. The number of aromatic nitrogens is 1. The molecule has 0 fully saturated rings. The summed E-state index contributed by atoms with van der Waals surface area (Å²) in [6, 6.07) is 17.5. The Morgan fingerprint density at radius 3 is 1.83 bits per heavy atom. The first-order valence-electron chi connectivity index (χ1n) is 9.80. The van der Waals surface area contributed by atoms with Crippen LogP contribution in [-0.4, -0.2) is 18.1 Å². The van der Waals surface area contributed by atoms with Crippen molar-refractivity contribution in [2.45, 2.75) is 20.8 Å². The summed E-state index contributed by atoms with van der Waals surface area (Å²) < 4.78 is 1.16. The first-order valence-corrected chi connectivity index (χ1v) is 11.4. The minimum atomic E-state index is 0.776. The molecule has 0 aliphatic carbocycles. The van der Waals surface area contributed by atoms with Gasteiger partial charge in [-0.3, -0.25) is 0 Å². The van der Waals surface area contributed by atoms with E-state index in [0.717, 1.165) is 49.8 Å². The molecule has 0 bridgehead atoms. The highest BCUT2D eigenvalue weighted by Gasteiger charge is 2.12. The smallest absolute Gasteiger partial charge is 0.187 e. The number of fused-ring (bicyclic) bond motifs is 1. The number of rotatable bonds is 7. The van der Waals surface area contributed by atoms with Crippen LogP contribution in [0.25, 0.3) is 9.53 Å². The van der Waals surface area contributed by atoms with Gasteiger partial charge in [0.05, 0.1) is 21.8 Å². The molecule has 0 atom stereocenters. The molecule has 0 spiro atoms. The van der Waals surface area contributed by atoms with Gasteiger partial charge in [0.25, 0.3) is 0 Å². The largest absolute Gasteiger partial charge is 0.349 e. The van der Waals surface area contributed by atoms with Crippen LogP contribution in [-0.2, 0) is 0 Å². The lowest BCUT2D eigenvalue weighted by Crippen LogP contribution is -2.21. The molecule has 4 rings (SSSR count). The minimum absolute atomic E-state index is 0.776. The number of benzene rings is 2. The lowest BCUT2D eigenvalue weighted by Gasteiger charge is -2.16. The Hall–Kier alpha value is -2.97. The van der Waals surface area contributed by atoms with Gasteiger partial charge in [-0.05, 0) is 63.2 Å². The molecular weight excluding hydrogens is 412 g/mol. The summed E-state index contributed by atoms with van der Waals surface area (Å²) in [7, 11) is 0. The second kappa shape index (κ2) is 9.23. The summed E-state index contributed by atoms with van der Waals surface area (Å²) in [5.41, 5.74) is 3.59. The molecule has 30 heavy (non-hydrogen) atoms. The fourth-order valence-electron chi connectivity index (χ4n) is 2.81. The van der Waals surface area contributed by atoms with Crippen LogP contribution in [0, 0.1) is 6.92 Å². The van der Waals surface area contributed by atoms with Gasteiger partial charge in [0, 0.05) is 13.1 Å². The number of thiazole rings is 1. The van der Waals surface area contributed by atoms with Crippen molar-refractivity contribution >= 4 is 59.4 Å². The van der Waals surface area contributed by atoms with Gasteiger partial charge in [0.15, 0.2) is 5.13 Å². The number of hydrogen-bond acceptors (Lipinski definition) is 8. The van der Waals surface area contributed by atoms with Gasteiger partial charge in [-0.25, -0.2) is 4.98 Å². The molecule has 0 aliphatic rings. The molecule has 0 aliphatic heterocycles. The molecule has 2 heterocycles. The molecule has 0 N–H and O–H groups in total. The standard InChI is InChI=1S/C22H22N6S2/c1-4-28(5-2)22-23-21-19(29-22)14-20(30-21)27-26-18-12-10-17(11-13-18)25-24-16-8-6-15(3)7-9-16/h6-14H,4-5H2,1-3H3. The Morgan fingerprint density at radius 1 is 0.767 bits per heavy atom. The van der Waals surface area contributed by atoms with E-state index in [0.29, 0.717) is 0 Å². The van der Waals surface area contributed by atoms with E-state index in [2.05, 4.69) is 45.3 Å². The Labute approximate surface area is 183 Å². The third-order valence-electron chi connectivity index (χ3n) is 4.53. The van der Waals surface area contributed by atoms with Crippen molar-refractivity contribution in [2.24, 2.45) is 20.5 Å². The number of hydrogen-bond donors (Lipinski definition) is 0. The number of azo groups is 2. The van der Waals surface area contributed by atoms with E-state index < -0.39 is 0 Å². The van der Waals surface area contributed by atoms with Gasteiger partial charge >= 0.3 is 0 Å². The normalized spacial score (nSPS) is 11.8. The van der Waals surface area contributed by atoms with Crippen LogP contribution in [0.2, 0.25) is 0 Å². The van der Waals surface area contributed by atoms with Gasteiger partial charge in [-0.1, -0.05) is 40.4 Å². The zero-order valence-electron chi connectivity index (χ0n) is 17.1. The van der Waals surface area contributed by atoms with E-state index in [1.807, 2.05) is 55.5 Å². The molecular formula is C22H22N6S2. The first kappa shape index (κ1) is 20.3. The van der Waals surface area contributed by atoms with Gasteiger partial charge in [-0.15, -0.1) is 10.2 Å². The predicted octanol–water partition coefficient (Wildman–Crippen LogP) is 8.34. The van der Waals surface area contributed by atoms with E-state index in [1.54, 1.807) is 22.7 Å². The average molecular weight is 435 g/mol. The predicted molar refractivity (Wildman–Crippen MR) is 127 cm³/mol. The van der Waals surface area contributed by atoms with Crippen molar-refractivity contribution in [2.75, 3.05) is 18.0 Å². The molecule has 152 valence electrons. The lowest BCUT2D eigenvalue weighted by molar-refractivity contribution is 0.862. The van der Waals surface area contributed by atoms with Crippen molar-refractivity contribution in [3.8, 4) is 0 Å². The van der Waals surface area contributed by atoms with Gasteiger partial charge in [0.1, 0.15) is 9.83 Å². The summed E-state index contributed by atoms with van der Waals surface area (Å²) in [5.74, 6) is 0. The molecule has 0 saturated carbocycles. The zero-order valence-corrected chi connectivity index (χ0v) is 18.7. The van der Waals surface area contributed by atoms with Crippen LogP contribution >= 0.6 is 22.7 Å². The number of thiophene rings is 1. The third-order valence-corrected chi connectivity index (χ3v) is 6.63. The molecule has 6 nitrogen and oxygen atoms in total. The molecule has 2 aromatic carbocycles. The molecule has 8 heteroatoms. The second-order valence-electron chi connectivity index (χ2n) is 6.67. The summed E-state index contributed by atoms with van der Waals surface area (Å²) in [6.07, 6.45) is 0. The maximum absolute atomic E-state index is 4.73. The van der Waals surface area contributed by atoms with Crippen molar-refractivity contribution in [1.29, 1.82) is 0 Å². The van der Waals surface area contributed by atoms with E-state index >= 15 is 0 Å². The fourth-order valence-corrected chi connectivity index (χ4v) is 4.97. The summed E-state index contributed by atoms with van der Waals surface area (Å²) in [5, 5.41) is 19.2. The van der Waals surface area contributed by atoms with Gasteiger partial charge in [0.2, 0.25) is 0 Å². The number of nitrogens with zero attached hydrogens (tertiary/aromatic N) is 6. The monoisotopic (exact) mass is 434 g/mol. The summed E-state index contributed by atoms with van der Waals surface area (Å²) in [4.78, 5) is 8.01. The topological polar surface area (TPSA) is 65.6 Å². The average Bonchev–Trinajstić information content (AvgIpc) is 3.32. The molecule has 0 saturated heterocycles. The summed E-state index contributed by atoms with van der Waals surface area (Å²) >= 11 is 3.27.